The standard InChI is InChI=1S/C14H19NO2S/c1-15-9-5-6-11(15)13(12-4-3-7-18-12)10(8-9)14(16)17-2/h3-4,7,9-11,13H,5-6,8H2,1-2H3/t9-,10-,11+,13-/m0/s1. The van der Waals surface area contributed by atoms with Gasteiger partial charge in [-0.25, -0.2) is 0 Å². The molecule has 0 radical (unpaired) electrons. The summed E-state index contributed by atoms with van der Waals surface area (Å²) in [5.74, 6) is 0.335. The van der Waals surface area contributed by atoms with Crippen LogP contribution in [0.15, 0.2) is 17.5 Å². The van der Waals surface area contributed by atoms with Crippen molar-refractivity contribution in [3.05, 3.63) is 22.4 Å². The Labute approximate surface area is 112 Å². The van der Waals surface area contributed by atoms with Crippen LogP contribution in [0.2, 0.25) is 0 Å². The summed E-state index contributed by atoms with van der Waals surface area (Å²) >= 11 is 1.77. The number of carbonyl (C=O) groups excluding carboxylic acids is 1. The molecular weight excluding hydrogens is 246 g/mol. The second kappa shape index (κ2) is 4.67. The predicted molar refractivity (Wildman–Crippen MR) is 71.8 cm³/mol. The fourth-order valence-corrected chi connectivity index (χ4v) is 4.68. The van der Waals surface area contributed by atoms with E-state index in [4.69, 9.17) is 4.74 Å². The number of thiophene rings is 1. The van der Waals surface area contributed by atoms with Crippen LogP contribution in [0.4, 0.5) is 0 Å². The van der Waals surface area contributed by atoms with Crippen LogP contribution in [-0.4, -0.2) is 37.1 Å². The minimum Gasteiger partial charge on any atom is -0.469 e. The van der Waals surface area contributed by atoms with Gasteiger partial charge >= 0.3 is 5.97 Å². The van der Waals surface area contributed by atoms with Gasteiger partial charge in [0.1, 0.15) is 0 Å². The molecule has 0 saturated carbocycles. The number of carbonyl (C=O) groups is 1. The Balaban J connectivity index is 1.96. The summed E-state index contributed by atoms with van der Waals surface area (Å²) in [5, 5.41) is 2.10. The first-order valence-corrected chi connectivity index (χ1v) is 7.43. The normalized spacial score (nSPS) is 35.7. The first-order valence-electron chi connectivity index (χ1n) is 6.55. The van der Waals surface area contributed by atoms with E-state index >= 15 is 0 Å². The van der Waals surface area contributed by atoms with Crippen molar-refractivity contribution < 1.29 is 9.53 Å². The van der Waals surface area contributed by atoms with Gasteiger partial charge < -0.3 is 4.74 Å². The van der Waals surface area contributed by atoms with E-state index in [1.807, 2.05) is 0 Å². The molecule has 2 saturated heterocycles. The number of esters is 1. The molecule has 0 aliphatic carbocycles. The van der Waals surface area contributed by atoms with E-state index in [0.717, 1.165) is 6.42 Å². The molecule has 18 heavy (non-hydrogen) atoms. The Kier molecular flexibility index (Phi) is 3.16. The van der Waals surface area contributed by atoms with Crippen LogP contribution in [0.1, 0.15) is 30.1 Å². The Morgan fingerprint density at radius 2 is 2.33 bits per heavy atom. The highest BCUT2D eigenvalue weighted by Crippen LogP contribution is 2.47. The van der Waals surface area contributed by atoms with Crippen LogP contribution in [-0.2, 0) is 9.53 Å². The number of hydrogen-bond donors (Lipinski definition) is 0. The summed E-state index contributed by atoms with van der Waals surface area (Å²) in [6.07, 6.45) is 3.37. The van der Waals surface area contributed by atoms with Gasteiger partial charge in [-0.1, -0.05) is 6.07 Å². The molecule has 1 aromatic rings. The maximum Gasteiger partial charge on any atom is 0.309 e. The van der Waals surface area contributed by atoms with Crippen LogP contribution in [0, 0.1) is 5.92 Å². The topological polar surface area (TPSA) is 29.5 Å². The fourth-order valence-electron chi connectivity index (χ4n) is 3.73. The SMILES string of the molecule is COC(=O)[C@H]1C[C@@H]2CC[C@H]([C@H]1c1cccs1)N2C. The molecule has 0 unspecified atom stereocenters. The quantitative estimate of drug-likeness (QED) is 0.769. The van der Waals surface area contributed by atoms with Gasteiger partial charge in [-0.2, -0.15) is 0 Å². The van der Waals surface area contributed by atoms with Crippen molar-refractivity contribution in [2.24, 2.45) is 5.92 Å². The maximum atomic E-state index is 12.1. The molecule has 2 aliphatic rings. The molecule has 3 heterocycles. The van der Waals surface area contributed by atoms with Gasteiger partial charge in [-0.3, -0.25) is 9.69 Å². The number of likely N-dealkylation sites (N-methyl/N-ethyl adjacent to an activating group) is 1. The van der Waals surface area contributed by atoms with Crippen LogP contribution in [0.25, 0.3) is 0 Å². The third-order valence-electron chi connectivity index (χ3n) is 4.64. The summed E-state index contributed by atoms with van der Waals surface area (Å²) in [5.41, 5.74) is 0. The number of methoxy groups -OCH3 is 1. The lowest BCUT2D eigenvalue weighted by molar-refractivity contribution is -0.149. The Morgan fingerprint density at radius 3 is 3.00 bits per heavy atom. The summed E-state index contributed by atoms with van der Waals surface area (Å²) in [6, 6.07) is 5.31. The lowest BCUT2D eigenvalue weighted by atomic mass is 9.79. The molecule has 0 N–H and O–H groups in total. The largest absolute Gasteiger partial charge is 0.469 e. The number of fused-ring (bicyclic) bond motifs is 2. The van der Waals surface area contributed by atoms with Crippen molar-refractivity contribution in [3.63, 3.8) is 0 Å². The Bertz CT molecular complexity index is 431. The van der Waals surface area contributed by atoms with E-state index in [-0.39, 0.29) is 11.9 Å². The van der Waals surface area contributed by atoms with Gasteiger partial charge in [0.25, 0.3) is 0 Å². The minimum absolute atomic E-state index is 0.0293. The highest BCUT2D eigenvalue weighted by atomic mass is 32.1. The van der Waals surface area contributed by atoms with Crippen LogP contribution < -0.4 is 0 Å². The summed E-state index contributed by atoms with van der Waals surface area (Å²) in [6.45, 7) is 0. The molecule has 2 bridgehead atoms. The van der Waals surface area contributed by atoms with Crippen molar-refractivity contribution in [1.82, 2.24) is 4.90 Å². The van der Waals surface area contributed by atoms with Crippen molar-refractivity contribution in [2.45, 2.75) is 37.3 Å². The second-order valence-electron chi connectivity index (χ2n) is 5.37. The molecule has 3 rings (SSSR count). The Hall–Kier alpha value is -0.870. The average Bonchev–Trinajstić information content (AvgIpc) is 2.97. The van der Waals surface area contributed by atoms with Gasteiger partial charge in [0.15, 0.2) is 0 Å². The van der Waals surface area contributed by atoms with E-state index in [0.29, 0.717) is 18.0 Å². The number of piperidine rings is 1. The van der Waals surface area contributed by atoms with E-state index in [9.17, 15) is 4.79 Å². The zero-order valence-electron chi connectivity index (χ0n) is 10.8. The summed E-state index contributed by atoms with van der Waals surface area (Å²) < 4.78 is 5.02. The molecule has 0 amide bonds. The second-order valence-corrected chi connectivity index (χ2v) is 6.35. The summed E-state index contributed by atoms with van der Waals surface area (Å²) in [4.78, 5) is 15.9. The van der Waals surface area contributed by atoms with Crippen LogP contribution in [0.3, 0.4) is 0 Å². The lowest BCUT2D eigenvalue weighted by Gasteiger charge is -2.41. The maximum absolute atomic E-state index is 12.1. The van der Waals surface area contributed by atoms with Gasteiger partial charge in [0, 0.05) is 22.9 Å². The predicted octanol–water partition coefficient (Wildman–Crippen LogP) is 2.49. The smallest absolute Gasteiger partial charge is 0.309 e. The monoisotopic (exact) mass is 265 g/mol. The first kappa shape index (κ1) is 12.2. The molecule has 98 valence electrons. The number of ether oxygens (including phenoxy) is 1. The van der Waals surface area contributed by atoms with Gasteiger partial charge in [0.05, 0.1) is 13.0 Å². The van der Waals surface area contributed by atoms with Gasteiger partial charge in [-0.05, 0) is 37.8 Å². The average molecular weight is 265 g/mol. The van der Waals surface area contributed by atoms with E-state index < -0.39 is 0 Å². The zero-order valence-corrected chi connectivity index (χ0v) is 11.7. The molecule has 4 heteroatoms. The molecule has 2 fully saturated rings. The van der Waals surface area contributed by atoms with Crippen LogP contribution >= 0.6 is 11.3 Å². The number of hydrogen-bond acceptors (Lipinski definition) is 4. The van der Waals surface area contributed by atoms with E-state index in [1.165, 1.54) is 24.8 Å². The van der Waals surface area contributed by atoms with E-state index in [2.05, 4.69) is 29.5 Å². The first-order chi connectivity index (χ1) is 8.72. The fraction of sp³-hybridized carbons (Fsp3) is 0.643. The molecule has 3 nitrogen and oxygen atoms in total. The molecule has 4 atom stereocenters. The third kappa shape index (κ3) is 1.79. The highest BCUT2D eigenvalue weighted by Gasteiger charge is 2.49. The highest BCUT2D eigenvalue weighted by molar-refractivity contribution is 7.10. The Morgan fingerprint density at radius 1 is 1.50 bits per heavy atom. The molecule has 0 spiro atoms. The zero-order chi connectivity index (χ0) is 12.7. The number of rotatable bonds is 2. The minimum atomic E-state index is -0.0293. The summed E-state index contributed by atoms with van der Waals surface area (Å²) in [7, 11) is 3.71. The van der Waals surface area contributed by atoms with Crippen LogP contribution in [0.5, 0.6) is 0 Å². The van der Waals surface area contributed by atoms with Crippen molar-refractivity contribution >= 4 is 17.3 Å². The lowest BCUT2D eigenvalue weighted by Crippen LogP contribution is -2.47. The number of nitrogens with zero attached hydrogens (tertiary/aromatic N) is 1. The van der Waals surface area contributed by atoms with Crippen molar-refractivity contribution in [3.8, 4) is 0 Å². The molecular formula is C14H19NO2S. The third-order valence-corrected chi connectivity index (χ3v) is 5.62. The van der Waals surface area contributed by atoms with Crippen molar-refractivity contribution in [1.29, 1.82) is 0 Å². The molecule has 1 aromatic heterocycles. The van der Waals surface area contributed by atoms with E-state index in [1.54, 1.807) is 11.3 Å². The van der Waals surface area contributed by atoms with Gasteiger partial charge in [-0.15, -0.1) is 11.3 Å². The van der Waals surface area contributed by atoms with Gasteiger partial charge in [0.2, 0.25) is 0 Å². The molecule has 0 aromatic carbocycles. The van der Waals surface area contributed by atoms with Crippen molar-refractivity contribution in [2.75, 3.05) is 14.2 Å². The molecule has 2 aliphatic heterocycles.